The van der Waals surface area contributed by atoms with Crippen molar-refractivity contribution < 1.29 is 13.2 Å². The number of methoxy groups -OCH3 is 1. The summed E-state index contributed by atoms with van der Waals surface area (Å²) in [4.78, 5) is 0. The third-order valence-corrected chi connectivity index (χ3v) is 6.62. The second kappa shape index (κ2) is 5.74. The van der Waals surface area contributed by atoms with Gasteiger partial charge in [0.25, 0.3) is 0 Å². The van der Waals surface area contributed by atoms with Gasteiger partial charge in [0.05, 0.1) is 18.1 Å². The second-order valence-corrected chi connectivity index (χ2v) is 7.94. The van der Waals surface area contributed by atoms with Crippen LogP contribution in [0.25, 0.3) is 0 Å². The van der Waals surface area contributed by atoms with Gasteiger partial charge in [0.1, 0.15) is 5.75 Å². The smallest absolute Gasteiger partial charge is 0.155 e. The Kier molecular flexibility index (Phi) is 4.39. The molecule has 0 aliphatic heterocycles. The maximum Gasteiger partial charge on any atom is 0.155 e. The van der Waals surface area contributed by atoms with E-state index < -0.39 is 21.1 Å². The number of ether oxygens (including phenoxy) is 1. The van der Waals surface area contributed by atoms with Crippen LogP contribution in [0.2, 0.25) is 0 Å². The largest absolute Gasteiger partial charge is 0.497 e. The molecule has 1 aliphatic carbocycles. The molecule has 2 N–H and O–H groups in total. The molecule has 3 atom stereocenters. The van der Waals surface area contributed by atoms with Crippen LogP contribution in [0.1, 0.15) is 37.4 Å². The van der Waals surface area contributed by atoms with Gasteiger partial charge in [-0.25, -0.2) is 8.42 Å². The van der Waals surface area contributed by atoms with E-state index in [0.717, 1.165) is 23.3 Å². The lowest BCUT2D eigenvalue weighted by Gasteiger charge is -2.19. The molecule has 1 aromatic rings. The van der Waals surface area contributed by atoms with E-state index in [1.807, 2.05) is 32.0 Å². The first kappa shape index (κ1) is 15.3. The molecule has 112 valence electrons. The normalized spacial score (nSPS) is 23.4. The summed E-state index contributed by atoms with van der Waals surface area (Å²) in [5, 5.41) is -0.501. The first-order chi connectivity index (χ1) is 9.39. The Morgan fingerprint density at radius 3 is 2.75 bits per heavy atom. The van der Waals surface area contributed by atoms with Gasteiger partial charge in [-0.05, 0) is 35.6 Å². The monoisotopic (exact) mass is 297 g/mol. The Morgan fingerprint density at radius 2 is 2.15 bits per heavy atom. The van der Waals surface area contributed by atoms with E-state index in [4.69, 9.17) is 10.5 Å². The summed E-state index contributed by atoms with van der Waals surface area (Å²) in [7, 11) is -1.58. The molecule has 5 heteroatoms. The summed E-state index contributed by atoms with van der Waals surface area (Å²) in [5.74, 6) is 1.11. The van der Waals surface area contributed by atoms with Crippen molar-refractivity contribution in [2.24, 2.45) is 11.7 Å². The van der Waals surface area contributed by atoms with E-state index in [9.17, 15) is 8.42 Å². The number of benzene rings is 1. The van der Waals surface area contributed by atoms with Gasteiger partial charge in [0, 0.05) is 6.04 Å². The van der Waals surface area contributed by atoms with E-state index in [1.165, 1.54) is 0 Å². The first-order valence-corrected chi connectivity index (χ1v) is 8.74. The van der Waals surface area contributed by atoms with Crippen LogP contribution in [0, 0.1) is 5.92 Å². The minimum atomic E-state index is -3.17. The fourth-order valence-electron chi connectivity index (χ4n) is 2.73. The van der Waals surface area contributed by atoms with Gasteiger partial charge in [-0.2, -0.15) is 0 Å². The van der Waals surface area contributed by atoms with Crippen LogP contribution in [0.5, 0.6) is 5.75 Å². The van der Waals surface area contributed by atoms with Crippen molar-refractivity contribution in [1.29, 1.82) is 0 Å². The van der Waals surface area contributed by atoms with E-state index in [0.29, 0.717) is 6.42 Å². The van der Waals surface area contributed by atoms with Crippen LogP contribution in [-0.2, 0) is 16.3 Å². The molecule has 1 aliphatic rings. The molecular weight excluding hydrogens is 274 g/mol. The second-order valence-electron chi connectivity index (χ2n) is 5.68. The molecule has 0 amide bonds. The van der Waals surface area contributed by atoms with Crippen LogP contribution < -0.4 is 10.5 Å². The number of hydrogen-bond donors (Lipinski definition) is 1. The summed E-state index contributed by atoms with van der Waals surface area (Å²) < 4.78 is 30.2. The van der Waals surface area contributed by atoms with E-state index in [-0.39, 0.29) is 11.7 Å². The van der Waals surface area contributed by atoms with Gasteiger partial charge < -0.3 is 10.5 Å². The minimum absolute atomic E-state index is 0.172. The Hall–Kier alpha value is -1.07. The van der Waals surface area contributed by atoms with E-state index in [2.05, 4.69) is 0 Å². The SMILES string of the molecule is CCC(C)CS(=O)(=O)C1Cc2ccc(OC)cc2C1N. The van der Waals surface area contributed by atoms with Gasteiger partial charge in [-0.1, -0.05) is 26.3 Å². The number of nitrogens with two attached hydrogens (primary N) is 1. The third-order valence-electron chi connectivity index (χ3n) is 4.21. The molecule has 0 saturated carbocycles. The maximum absolute atomic E-state index is 12.5. The lowest BCUT2D eigenvalue weighted by molar-refractivity contribution is 0.414. The van der Waals surface area contributed by atoms with Crippen molar-refractivity contribution in [3.63, 3.8) is 0 Å². The van der Waals surface area contributed by atoms with Crippen molar-refractivity contribution in [3.05, 3.63) is 29.3 Å². The molecule has 4 nitrogen and oxygen atoms in total. The molecular formula is C15H23NO3S. The Labute approximate surface area is 121 Å². The van der Waals surface area contributed by atoms with Gasteiger partial charge in [0.15, 0.2) is 9.84 Å². The predicted molar refractivity (Wildman–Crippen MR) is 80.7 cm³/mol. The molecule has 20 heavy (non-hydrogen) atoms. The Balaban J connectivity index is 2.26. The maximum atomic E-state index is 12.5. The van der Waals surface area contributed by atoms with Gasteiger partial charge in [-0.3, -0.25) is 0 Å². The average molecular weight is 297 g/mol. The van der Waals surface area contributed by atoms with Gasteiger partial charge in [-0.15, -0.1) is 0 Å². The topological polar surface area (TPSA) is 69.4 Å². The minimum Gasteiger partial charge on any atom is -0.497 e. The fraction of sp³-hybridized carbons (Fsp3) is 0.600. The average Bonchev–Trinajstić information content (AvgIpc) is 2.76. The van der Waals surface area contributed by atoms with Crippen LogP contribution in [-0.4, -0.2) is 26.5 Å². The highest BCUT2D eigenvalue weighted by molar-refractivity contribution is 7.92. The van der Waals surface area contributed by atoms with Gasteiger partial charge >= 0.3 is 0 Å². The predicted octanol–water partition coefficient (Wildman–Crippen LogP) is 2.08. The standard InChI is InChI=1S/C15H23NO3S/c1-4-10(2)9-20(17,18)14-7-11-5-6-12(19-3)8-13(11)15(14)16/h5-6,8,10,14-15H,4,7,9,16H2,1-3H3. The molecule has 2 rings (SSSR count). The highest BCUT2D eigenvalue weighted by Crippen LogP contribution is 2.36. The van der Waals surface area contributed by atoms with Crippen LogP contribution >= 0.6 is 0 Å². The lowest BCUT2D eigenvalue weighted by Crippen LogP contribution is -2.34. The highest BCUT2D eigenvalue weighted by atomic mass is 32.2. The first-order valence-electron chi connectivity index (χ1n) is 7.03. The molecule has 0 aromatic heterocycles. The van der Waals surface area contributed by atoms with E-state index >= 15 is 0 Å². The molecule has 1 aromatic carbocycles. The summed E-state index contributed by atoms with van der Waals surface area (Å²) in [6, 6.07) is 5.19. The van der Waals surface area contributed by atoms with Crippen LogP contribution in [0.3, 0.4) is 0 Å². The number of hydrogen-bond acceptors (Lipinski definition) is 4. The molecule has 3 unspecified atom stereocenters. The zero-order valence-electron chi connectivity index (χ0n) is 12.3. The van der Waals surface area contributed by atoms with Crippen LogP contribution in [0.15, 0.2) is 18.2 Å². The molecule has 0 radical (unpaired) electrons. The summed E-state index contributed by atoms with van der Waals surface area (Å²) in [5.41, 5.74) is 8.11. The van der Waals surface area contributed by atoms with Crippen molar-refractivity contribution in [2.45, 2.75) is 38.0 Å². The van der Waals surface area contributed by atoms with Crippen LogP contribution in [0.4, 0.5) is 0 Å². The number of fused-ring (bicyclic) bond motifs is 1. The van der Waals surface area contributed by atoms with Crippen molar-refractivity contribution in [1.82, 2.24) is 0 Å². The number of sulfone groups is 1. The molecule has 0 spiro atoms. The highest BCUT2D eigenvalue weighted by Gasteiger charge is 2.39. The Morgan fingerprint density at radius 1 is 1.45 bits per heavy atom. The third kappa shape index (κ3) is 2.83. The molecule has 0 heterocycles. The van der Waals surface area contributed by atoms with Gasteiger partial charge in [0.2, 0.25) is 0 Å². The molecule has 0 bridgehead atoms. The quantitative estimate of drug-likeness (QED) is 0.903. The zero-order chi connectivity index (χ0) is 14.9. The summed E-state index contributed by atoms with van der Waals surface area (Å²) in [6.45, 7) is 3.97. The number of rotatable bonds is 5. The fourth-order valence-corrected chi connectivity index (χ4v) is 5.03. The molecule has 0 saturated heterocycles. The van der Waals surface area contributed by atoms with E-state index in [1.54, 1.807) is 7.11 Å². The summed E-state index contributed by atoms with van der Waals surface area (Å²) in [6.07, 6.45) is 1.38. The van der Waals surface area contributed by atoms with Crippen molar-refractivity contribution in [3.8, 4) is 5.75 Å². The Bertz CT molecular complexity index is 583. The zero-order valence-corrected chi connectivity index (χ0v) is 13.1. The molecule has 0 fully saturated rings. The summed E-state index contributed by atoms with van der Waals surface area (Å²) >= 11 is 0. The van der Waals surface area contributed by atoms with Crippen molar-refractivity contribution in [2.75, 3.05) is 12.9 Å². The van der Waals surface area contributed by atoms with Crippen molar-refractivity contribution >= 4 is 9.84 Å². The lowest BCUT2D eigenvalue weighted by atomic mass is 10.1.